The number of hydrogen-bond acceptors (Lipinski definition) is 4. The molecule has 20 heavy (non-hydrogen) atoms. The van der Waals surface area contributed by atoms with Gasteiger partial charge in [-0.25, -0.2) is 4.98 Å². The van der Waals surface area contributed by atoms with Gasteiger partial charge in [-0.2, -0.15) is 5.10 Å². The minimum absolute atomic E-state index is 0.0891. The molecule has 2 aromatic rings. The Labute approximate surface area is 118 Å². The molecule has 106 valence electrons. The Kier molecular flexibility index (Phi) is 4.70. The van der Waals surface area contributed by atoms with Crippen LogP contribution in [-0.4, -0.2) is 33.8 Å². The zero-order valence-corrected chi connectivity index (χ0v) is 11.8. The van der Waals surface area contributed by atoms with Crippen molar-refractivity contribution < 1.29 is 4.79 Å². The molecule has 0 unspecified atom stereocenters. The summed E-state index contributed by atoms with van der Waals surface area (Å²) in [5, 5.41) is 10.1. The second kappa shape index (κ2) is 6.70. The van der Waals surface area contributed by atoms with Gasteiger partial charge in [0.15, 0.2) is 0 Å². The molecule has 0 radical (unpaired) electrons. The second-order valence-corrected chi connectivity index (χ2v) is 4.41. The molecule has 0 atom stereocenters. The van der Waals surface area contributed by atoms with Crippen LogP contribution in [0.5, 0.6) is 0 Å². The lowest BCUT2D eigenvalue weighted by atomic mass is 10.2. The van der Waals surface area contributed by atoms with Gasteiger partial charge >= 0.3 is 0 Å². The molecule has 2 N–H and O–H groups in total. The normalized spacial score (nSPS) is 10.3. The van der Waals surface area contributed by atoms with Crippen LogP contribution in [0.2, 0.25) is 0 Å². The molecule has 1 amide bonds. The zero-order valence-electron chi connectivity index (χ0n) is 11.8. The van der Waals surface area contributed by atoms with E-state index in [4.69, 9.17) is 0 Å². The Morgan fingerprint density at radius 2 is 2.20 bits per heavy atom. The number of anilines is 1. The SMILES string of the molecule is CCNc1cc(C(=O)NCCc2ccnn2C)ccn1. The Hall–Kier alpha value is -2.37. The van der Waals surface area contributed by atoms with Crippen molar-refractivity contribution in [3.8, 4) is 0 Å². The first-order valence-corrected chi connectivity index (χ1v) is 6.65. The third-order valence-corrected chi connectivity index (χ3v) is 2.97. The first-order valence-electron chi connectivity index (χ1n) is 6.65. The Balaban J connectivity index is 1.88. The van der Waals surface area contributed by atoms with E-state index in [1.165, 1.54) is 0 Å². The van der Waals surface area contributed by atoms with E-state index in [0.29, 0.717) is 17.9 Å². The number of hydrogen-bond donors (Lipinski definition) is 2. The molecule has 0 saturated carbocycles. The van der Waals surface area contributed by atoms with Crippen LogP contribution in [0.25, 0.3) is 0 Å². The number of aromatic nitrogens is 3. The summed E-state index contributed by atoms with van der Waals surface area (Å²) < 4.78 is 1.81. The average molecular weight is 273 g/mol. The Morgan fingerprint density at radius 1 is 1.35 bits per heavy atom. The molecule has 0 saturated heterocycles. The number of rotatable bonds is 6. The molecule has 0 spiro atoms. The number of pyridine rings is 1. The molecular weight excluding hydrogens is 254 g/mol. The van der Waals surface area contributed by atoms with Gasteiger partial charge in [0, 0.05) is 50.2 Å². The monoisotopic (exact) mass is 273 g/mol. The van der Waals surface area contributed by atoms with Gasteiger partial charge in [-0.05, 0) is 25.1 Å². The maximum atomic E-state index is 12.0. The summed E-state index contributed by atoms with van der Waals surface area (Å²) in [6.07, 6.45) is 4.14. The fraction of sp³-hybridized carbons (Fsp3) is 0.357. The first-order chi connectivity index (χ1) is 9.70. The van der Waals surface area contributed by atoms with E-state index in [9.17, 15) is 4.79 Å². The van der Waals surface area contributed by atoms with Gasteiger partial charge in [0.05, 0.1) is 0 Å². The third kappa shape index (κ3) is 3.57. The van der Waals surface area contributed by atoms with Crippen LogP contribution in [-0.2, 0) is 13.5 Å². The molecule has 0 aromatic carbocycles. The molecule has 2 heterocycles. The van der Waals surface area contributed by atoms with Gasteiger partial charge in [-0.1, -0.05) is 0 Å². The highest BCUT2D eigenvalue weighted by Crippen LogP contribution is 2.06. The molecule has 0 bridgehead atoms. The summed E-state index contributed by atoms with van der Waals surface area (Å²) in [5.41, 5.74) is 1.70. The quantitative estimate of drug-likeness (QED) is 0.830. The summed E-state index contributed by atoms with van der Waals surface area (Å²) in [7, 11) is 1.89. The van der Waals surface area contributed by atoms with Crippen molar-refractivity contribution in [1.82, 2.24) is 20.1 Å². The maximum absolute atomic E-state index is 12.0. The van der Waals surface area contributed by atoms with Crippen molar-refractivity contribution in [2.24, 2.45) is 7.05 Å². The molecule has 6 nitrogen and oxygen atoms in total. The topological polar surface area (TPSA) is 71.8 Å². The van der Waals surface area contributed by atoms with Crippen LogP contribution in [0.15, 0.2) is 30.6 Å². The summed E-state index contributed by atoms with van der Waals surface area (Å²) in [4.78, 5) is 16.2. The summed E-state index contributed by atoms with van der Waals surface area (Å²) in [6.45, 7) is 3.35. The van der Waals surface area contributed by atoms with Crippen molar-refractivity contribution in [3.63, 3.8) is 0 Å². The molecule has 2 rings (SSSR count). The number of carbonyl (C=O) groups is 1. The zero-order chi connectivity index (χ0) is 14.4. The van der Waals surface area contributed by atoms with Crippen molar-refractivity contribution in [1.29, 1.82) is 0 Å². The first kappa shape index (κ1) is 14.0. The fourth-order valence-corrected chi connectivity index (χ4v) is 1.90. The lowest BCUT2D eigenvalue weighted by Gasteiger charge is -2.07. The van der Waals surface area contributed by atoms with E-state index in [0.717, 1.165) is 18.7 Å². The van der Waals surface area contributed by atoms with Gasteiger partial charge in [-0.15, -0.1) is 0 Å². The molecule has 6 heteroatoms. The minimum atomic E-state index is -0.0891. The standard InChI is InChI=1S/C14H19N5O/c1-3-15-13-10-11(4-7-16-13)14(20)17-8-5-12-6-9-18-19(12)2/h4,6-7,9-10H,3,5,8H2,1-2H3,(H,15,16)(H,17,20). The molecule has 0 fully saturated rings. The van der Waals surface area contributed by atoms with Crippen LogP contribution >= 0.6 is 0 Å². The summed E-state index contributed by atoms with van der Waals surface area (Å²) in [6, 6.07) is 5.41. The van der Waals surface area contributed by atoms with E-state index >= 15 is 0 Å². The lowest BCUT2D eigenvalue weighted by molar-refractivity contribution is 0.0954. The van der Waals surface area contributed by atoms with Crippen LogP contribution in [0.4, 0.5) is 5.82 Å². The van der Waals surface area contributed by atoms with Crippen LogP contribution < -0.4 is 10.6 Å². The highest BCUT2D eigenvalue weighted by molar-refractivity contribution is 5.94. The van der Waals surface area contributed by atoms with E-state index < -0.39 is 0 Å². The fourth-order valence-electron chi connectivity index (χ4n) is 1.90. The summed E-state index contributed by atoms with van der Waals surface area (Å²) in [5.74, 6) is 0.625. The van der Waals surface area contributed by atoms with Crippen molar-refractivity contribution in [2.75, 3.05) is 18.4 Å². The van der Waals surface area contributed by atoms with Gasteiger partial charge in [-0.3, -0.25) is 9.48 Å². The maximum Gasteiger partial charge on any atom is 0.251 e. The van der Waals surface area contributed by atoms with Crippen LogP contribution in [0.3, 0.4) is 0 Å². The van der Waals surface area contributed by atoms with Gasteiger partial charge in [0.25, 0.3) is 5.91 Å². The number of nitrogens with one attached hydrogen (secondary N) is 2. The molecule has 0 aliphatic rings. The second-order valence-electron chi connectivity index (χ2n) is 4.41. The van der Waals surface area contributed by atoms with Gasteiger partial charge < -0.3 is 10.6 Å². The third-order valence-electron chi connectivity index (χ3n) is 2.97. The van der Waals surface area contributed by atoms with Crippen LogP contribution in [0.1, 0.15) is 23.0 Å². The molecule has 2 aromatic heterocycles. The lowest BCUT2D eigenvalue weighted by Crippen LogP contribution is -2.26. The Bertz CT molecular complexity index is 578. The number of amides is 1. The average Bonchev–Trinajstić information content (AvgIpc) is 2.85. The van der Waals surface area contributed by atoms with E-state index in [2.05, 4.69) is 20.7 Å². The van der Waals surface area contributed by atoms with Gasteiger partial charge in [0.1, 0.15) is 5.82 Å². The van der Waals surface area contributed by atoms with Crippen LogP contribution in [0, 0.1) is 0 Å². The molecule has 0 aliphatic heterocycles. The highest BCUT2D eigenvalue weighted by atomic mass is 16.1. The predicted octanol–water partition coefficient (Wildman–Crippen LogP) is 1.22. The molecular formula is C14H19N5O. The van der Waals surface area contributed by atoms with E-state index in [-0.39, 0.29) is 5.91 Å². The summed E-state index contributed by atoms with van der Waals surface area (Å²) >= 11 is 0. The largest absolute Gasteiger partial charge is 0.370 e. The number of carbonyl (C=O) groups excluding carboxylic acids is 1. The minimum Gasteiger partial charge on any atom is -0.370 e. The number of nitrogens with zero attached hydrogens (tertiary/aromatic N) is 3. The van der Waals surface area contributed by atoms with Crippen molar-refractivity contribution in [2.45, 2.75) is 13.3 Å². The smallest absolute Gasteiger partial charge is 0.251 e. The van der Waals surface area contributed by atoms with Crippen molar-refractivity contribution >= 4 is 11.7 Å². The highest BCUT2D eigenvalue weighted by Gasteiger charge is 2.06. The predicted molar refractivity (Wildman–Crippen MR) is 77.6 cm³/mol. The van der Waals surface area contributed by atoms with Gasteiger partial charge in [0.2, 0.25) is 0 Å². The van der Waals surface area contributed by atoms with E-state index in [1.807, 2.05) is 24.7 Å². The molecule has 0 aliphatic carbocycles. The number of aryl methyl sites for hydroxylation is 1. The van der Waals surface area contributed by atoms with Crippen molar-refractivity contribution in [3.05, 3.63) is 41.9 Å². The Morgan fingerprint density at radius 3 is 2.90 bits per heavy atom. The van der Waals surface area contributed by atoms with E-state index in [1.54, 1.807) is 24.5 Å².